The van der Waals surface area contributed by atoms with Crippen LogP contribution in [-0.2, 0) is 0 Å². The second-order valence-corrected chi connectivity index (χ2v) is 6.68. The lowest BCUT2D eigenvalue weighted by Gasteiger charge is -2.40. The number of likely N-dealkylation sites (N-methyl/N-ethyl adjacent to an activating group) is 1. The van der Waals surface area contributed by atoms with Gasteiger partial charge < -0.3 is 15.3 Å². The average Bonchev–Trinajstić information content (AvgIpc) is 2.39. The van der Waals surface area contributed by atoms with E-state index >= 15 is 0 Å². The van der Waals surface area contributed by atoms with Crippen LogP contribution in [0, 0.1) is 5.41 Å². The van der Waals surface area contributed by atoms with Crippen LogP contribution in [0.3, 0.4) is 0 Å². The first-order valence-corrected chi connectivity index (χ1v) is 8.11. The third-order valence-corrected chi connectivity index (χ3v) is 4.72. The van der Waals surface area contributed by atoms with Crippen molar-refractivity contribution < 1.29 is 5.11 Å². The molecule has 3 heteroatoms. The Labute approximate surface area is 119 Å². The van der Waals surface area contributed by atoms with Crippen molar-refractivity contribution in [2.24, 2.45) is 5.41 Å². The van der Waals surface area contributed by atoms with E-state index in [1.54, 1.807) is 0 Å². The third kappa shape index (κ3) is 5.41. The van der Waals surface area contributed by atoms with Gasteiger partial charge in [-0.1, -0.05) is 33.6 Å². The molecule has 1 fully saturated rings. The molecule has 0 aromatic carbocycles. The number of rotatable bonds is 8. The van der Waals surface area contributed by atoms with E-state index in [1.807, 2.05) is 0 Å². The molecule has 1 aliphatic carbocycles. The van der Waals surface area contributed by atoms with E-state index in [0.717, 1.165) is 32.5 Å². The van der Waals surface area contributed by atoms with Crippen molar-refractivity contribution in [3.05, 3.63) is 0 Å². The summed E-state index contributed by atoms with van der Waals surface area (Å²) in [7, 11) is 2.19. The molecule has 19 heavy (non-hydrogen) atoms. The van der Waals surface area contributed by atoms with Crippen LogP contribution in [0.15, 0.2) is 0 Å². The quantitative estimate of drug-likeness (QED) is 0.666. The molecule has 2 N–H and O–H groups in total. The molecule has 0 aromatic rings. The minimum Gasteiger partial charge on any atom is -0.391 e. The number of hydrogen-bond acceptors (Lipinski definition) is 3. The van der Waals surface area contributed by atoms with Gasteiger partial charge in [0.2, 0.25) is 0 Å². The monoisotopic (exact) mass is 270 g/mol. The molecule has 1 saturated carbocycles. The zero-order valence-corrected chi connectivity index (χ0v) is 13.4. The van der Waals surface area contributed by atoms with Gasteiger partial charge in [-0.15, -0.1) is 0 Å². The van der Waals surface area contributed by atoms with E-state index in [4.69, 9.17) is 0 Å². The van der Waals surface area contributed by atoms with Gasteiger partial charge in [-0.05, 0) is 44.7 Å². The van der Waals surface area contributed by atoms with Crippen LogP contribution < -0.4 is 5.32 Å². The molecular formula is C16H34N2O. The summed E-state index contributed by atoms with van der Waals surface area (Å²) in [5, 5.41) is 13.7. The summed E-state index contributed by atoms with van der Waals surface area (Å²) < 4.78 is 0. The number of nitrogens with zero attached hydrogens (tertiary/aromatic N) is 1. The van der Waals surface area contributed by atoms with Crippen molar-refractivity contribution in [1.82, 2.24) is 10.2 Å². The Balaban J connectivity index is 2.48. The van der Waals surface area contributed by atoms with Crippen LogP contribution in [0.5, 0.6) is 0 Å². The molecule has 0 aromatic heterocycles. The van der Waals surface area contributed by atoms with Crippen LogP contribution in [-0.4, -0.2) is 48.8 Å². The first-order valence-electron chi connectivity index (χ1n) is 8.11. The molecule has 0 aliphatic heterocycles. The molecule has 114 valence electrons. The maximum Gasteiger partial charge on any atom is 0.0695 e. The summed E-state index contributed by atoms with van der Waals surface area (Å²) in [5.74, 6) is 0. The summed E-state index contributed by atoms with van der Waals surface area (Å²) in [4.78, 5) is 2.40. The molecule has 3 unspecified atom stereocenters. The normalized spacial score (nSPS) is 27.5. The Hall–Kier alpha value is -0.120. The summed E-state index contributed by atoms with van der Waals surface area (Å²) in [5.41, 5.74) is 0.307. The van der Waals surface area contributed by atoms with Crippen molar-refractivity contribution in [3.63, 3.8) is 0 Å². The zero-order chi connectivity index (χ0) is 14.3. The number of nitrogens with one attached hydrogen (secondary N) is 1. The molecule has 3 atom stereocenters. The van der Waals surface area contributed by atoms with Crippen molar-refractivity contribution >= 4 is 0 Å². The largest absolute Gasteiger partial charge is 0.391 e. The highest BCUT2D eigenvalue weighted by Crippen LogP contribution is 2.27. The van der Waals surface area contributed by atoms with Gasteiger partial charge in [0.15, 0.2) is 0 Å². The average molecular weight is 270 g/mol. The van der Waals surface area contributed by atoms with Crippen molar-refractivity contribution in [1.29, 1.82) is 0 Å². The molecule has 0 heterocycles. The maximum atomic E-state index is 10.2. The summed E-state index contributed by atoms with van der Waals surface area (Å²) in [6.07, 6.45) is 6.83. The molecule has 1 aliphatic rings. The van der Waals surface area contributed by atoms with E-state index in [9.17, 15) is 5.11 Å². The lowest BCUT2D eigenvalue weighted by molar-refractivity contribution is 0.0140. The fraction of sp³-hybridized carbons (Fsp3) is 1.00. The molecule has 0 saturated heterocycles. The van der Waals surface area contributed by atoms with Crippen LogP contribution in [0.4, 0.5) is 0 Å². The fourth-order valence-electron chi connectivity index (χ4n) is 3.18. The number of hydrogen-bond donors (Lipinski definition) is 2. The van der Waals surface area contributed by atoms with Crippen molar-refractivity contribution in [2.75, 3.05) is 26.7 Å². The summed E-state index contributed by atoms with van der Waals surface area (Å²) in [6, 6.07) is 0.366. The van der Waals surface area contributed by atoms with Crippen molar-refractivity contribution in [2.45, 2.75) is 71.4 Å². The van der Waals surface area contributed by atoms with E-state index < -0.39 is 0 Å². The molecule has 0 radical (unpaired) electrons. The molecule has 0 spiro atoms. The Morgan fingerprint density at radius 3 is 2.53 bits per heavy atom. The van der Waals surface area contributed by atoms with Crippen molar-refractivity contribution in [3.8, 4) is 0 Å². The third-order valence-electron chi connectivity index (χ3n) is 4.72. The van der Waals surface area contributed by atoms with Crippen LogP contribution in [0.1, 0.15) is 59.3 Å². The van der Waals surface area contributed by atoms with E-state index in [0.29, 0.717) is 11.5 Å². The van der Waals surface area contributed by atoms with Gasteiger partial charge >= 0.3 is 0 Å². The Kier molecular flexibility index (Phi) is 7.33. The second kappa shape index (κ2) is 8.23. The Morgan fingerprint density at radius 2 is 1.95 bits per heavy atom. The smallest absolute Gasteiger partial charge is 0.0695 e. The fourth-order valence-corrected chi connectivity index (χ4v) is 3.18. The lowest BCUT2D eigenvalue weighted by Crippen LogP contribution is -2.49. The predicted molar refractivity (Wildman–Crippen MR) is 82.5 cm³/mol. The zero-order valence-electron chi connectivity index (χ0n) is 13.4. The minimum atomic E-state index is -0.122. The first-order chi connectivity index (χ1) is 9.02. The van der Waals surface area contributed by atoms with Gasteiger partial charge in [-0.25, -0.2) is 0 Å². The Morgan fingerprint density at radius 1 is 1.26 bits per heavy atom. The highest BCUT2D eigenvalue weighted by molar-refractivity contribution is 4.86. The second-order valence-electron chi connectivity index (χ2n) is 6.68. The van der Waals surface area contributed by atoms with E-state index in [1.165, 1.54) is 25.7 Å². The summed E-state index contributed by atoms with van der Waals surface area (Å²) in [6.45, 7) is 10.1. The molecular weight excluding hydrogens is 236 g/mol. The minimum absolute atomic E-state index is 0.122. The van der Waals surface area contributed by atoms with Crippen LogP contribution in [0.2, 0.25) is 0 Å². The first kappa shape index (κ1) is 16.9. The highest BCUT2D eigenvalue weighted by Gasteiger charge is 2.31. The molecule has 0 amide bonds. The van der Waals surface area contributed by atoms with Gasteiger partial charge in [-0.2, -0.15) is 0 Å². The van der Waals surface area contributed by atoms with Gasteiger partial charge in [0.1, 0.15) is 0 Å². The maximum absolute atomic E-state index is 10.2. The lowest BCUT2D eigenvalue weighted by atomic mass is 9.84. The topological polar surface area (TPSA) is 35.5 Å². The molecule has 1 rings (SSSR count). The number of aliphatic hydroxyl groups excluding tert-OH is 1. The summed E-state index contributed by atoms with van der Waals surface area (Å²) >= 11 is 0. The van der Waals surface area contributed by atoms with Gasteiger partial charge in [0.25, 0.3) is 0 Å². The van der Waals surface area contributed by atoms with E-state index in [2.05, 4.69) is 38.0 Å². The standard InChI is InChI=1S/C16H34N2O/c1-5-11-17-12-16(3,6-2)13-18(4)14-9-7-8-10-15(14)19/h14-15,17,19H,5-13H2,1-4H3. The van der Waals surface area contributed by atoms with E-state index in [-0.39, 0.29) is 6.10 Å². The highest BCUT2D eigenvalue weighted by atomic mass is 16.3. The SMILES string of the molecule is CCCNCC(C)(CC)CN(C)C1CCCCC1O. The van der Waals surface area contributed by atoms with Crippen LogP contribution >= 0.6 is 0 Å². The van der Waals surface area contributed by atoms with Gasteiger partial charge in [-0.3, -0.25) is 0 Å². The van der Waals surface area contributed by atoms with Crippen LogP contribution in [0.25, 0.3) is 0 Å². The predicted octanol–water partition coefficient (Wildman–Crippen LogP) is 2.64. The van der Waals surface area contributed by atoms with Gasteiger partial charge in [0, 0.05) is 19.1 Å². The number of aliphatic hydroxyl groups is 1. The Bertz CT molecular complexity index is 247. The van der Waals surface area contributed by atoms with Gasteiger partial charge in [0.05, 0.1) is 6.10 Å². The molecule has 0 bridgehead atoms. The molecule has 3 nitrogen and oxygen atoms in total.